The molecule has 6 heteroatoms. The van der Waals surface area contributed by atoms with Crippen molar-refractivity contribution in [1.29, 1.82) is 0 Å². The zero-order chi connectivity index (χ0) is 15.4. The molecule has 0 spiro atoms. The second-order valence-corrected chi connectivity index (χ2v) is 6.32. The van der Waals surface area contributed by atoms with E-state index in [1.807, 2.05) is 24.0 Å². The average Bonchev–Trinajstić information content (AvgIpc) is 3.04. The van der Waals surface area contributed by atoms with Gasteiger partial charge in [-0.2, -0.15) is 5.10 Å². The minimum Gasteiger partial charge on any atom is -0.372 e. The molecule has 0 radical (unpaired) electrons. The van der Waals surface area contributed by atoms with Gasteiger partial charge < -0.3 is 15.4 Å². The van der Waals surface area contributed by atoms with Gasteiger partial charge in [0, 0.05) is 45.4 Å². The number of hydrogen-bond acceptors (Lipinski definition) is 3. The molecule has 0 amide bonds. The lowest BCUT2D eigenvalue weighted by atomic mass is 9.99. The van der Waals surface area contributed by atoms with Gasteiger partial charge in [0.05, 0.1) is 5.69 Å². The molecule has 0 saturated carbocycles. The van der Waals surface area contributed by atoms with Crippen LogP contribution in [-0.2, 0) is 11.8 Å². The van der Waals surface area contributed by atoms with Gasteiger partial charge in [-0.15, -0.1) is 0 Å². The van der Waals surface area contributed by atoms with Gasteiger partial charge in [-0.25, -0.2) is 0 Å². The molecule has 1 aromatic heterocycles. The summed E-state index contributed by atoms with van der Waals surface area (Å²) in [6.45, 7) is 3.61. The predicted molar refractivity (Wildman–Crippen MR) is 86.5 cm³/mol. The summed E-state index contributed by atoms with van der Waals surface area (Å²) in [6.07, 6.45) is 8.01. The predicted octanol–water partition coefficient (Wildman–Crippen LogP) is 1.69. The van der Waals surface area contributed by atoms with E-state index in [2.05, 4.69) is 15.0 Å². The standard InChI is InChI=1S/C16H27N5O/c1-20-14(6-8-19-20)15-13(7-11-22-15)12-18-16(17)21-9-4-2-3-5-10-21/h6,8,13,15H,2-5,7,9-12H2,1H3,(H2,17,18)/t13-,15+/m0/s1. The molecule has 22 heavy (non-hydrogen) atoms. The largest absolute Gasteiger partial charge is 0.372 e. The number of aryl methyl sites for hydroxylation is 1. The highest BCUT2D eigenvalue weighted by Gasteiger charge is 2.31. The molecular weight excluding hydrogens is 278 g/mol. The van der Waals surface area contributed by atoms with Gasteiger partial charge in [0.2, 0.25) is 0 Å². The van der Waals surface area contributed by atoms with Crippen molar-refractivity contribution >= 4 is 5.96 Å². The van der Waals surface area contributed by atoms with Crippen molar-refractivity contribution in [3.63, 3.8) is 0 Å². The van der Waals surface area contributed by atoms with Crippen LogP contribution in [0.1, 0.15) is 43.9 Å². The number of likely N-dealkylation sites (tertiary alicyclic amines) is 1. The summed E-state index contributed by atoms with van der Waals surface area (Å²) in [7, 11) is 1.96. The lowest BCUT2D eigenvalue weighted by Crippen LogP contribution is -2.38. The molecule has 122 valence electrons. The van der Waals surface area contributed by atoms with Gasteiger partial charge in [-0.1, -0.05) is 12.8 Å². The van der Waals surface area contributed by atoms with Crippen LogP contribution in [0.4, 0.5) is 0 Å². The summed E-state index contributed by atoms with van der Waals surface area (Å²) in [4.78, 5) is 6.91. The molecule has 2 aliphatic heterocycles. The fourth-order valence-electron chi connectivity index (χ4n) is 3.42. The summed E-state index contributed by atoms with van der Waals surface area (Å²) in [6, 6.07) is 2.03. The summed E-state index contributed by atoms with van der Waals surface area (Å²) in [5, 5.41) is 4.24. The van der Waals surface area contributed by atoms with Crippen LogP contribution in [0, 0.1) is 5.92 Å². The van der Waals surface area contributed by atoms with Gasteiger partial charge in [0.25, 0.3) is 0 Å². The molecule has 0 aromatic carbocycles. The Hall–Kier alpha value is -1.56. The quantitative estimate of drug-likeness (QED) is 0.681. The van der Waals surface area contributed by atoms with Gasteiger partial charge in [0.15, 0.2) is 5.96 Å². The molecule has 0 bridgehead atoms. The van der Waals surface area contributed by atoms with Gasteiger partial charge in [-0.05, 0) is 25.3 Å². The van der Waals surface area contributed by atoms with Gasteiger partial charge in [0.1, 0.15) is 6.10 Å². The van der Waals surface area contributed by atoms with E-state index in [4.69, 9.17) is 10.5 Å². The summed E-state index contributed by atoms with van der Waals surface area (Å²) in [5.74, 6) is 1.10. The molecule has 3 rings (SSSR count). The number of rotatable bonds is 3. The highest BCUT2D eigenvalue weighted by molar-refractivity contribution is 5.78. The summed E-state index contributed by atoms with van der Waals surface area (Å²) in [5.41, 5.74) is 7.34. The number of aliphatic imine (C=N–C) groups is 1. The maximum atomic E-state index is 6.21. The van der Waals surface area contributed by atoms with Crippen LogP contribution >= 0.6 is 0 Å². The third kappa shape index (κ3) is 3.43. The number of hydrogen-bond donors (Lipinski definition) is 1. The molecular formula is C16H27N5O. The fraction of sp³-hybridized carbons (Fsp3) is 0.750. The third-order valence-electron chi connectivity index (χ3n) is 4.78. The molecule has 1 aromatic rings. The van der Waals surface area contributed by atoms with Crippen molar-refractivity contribution in [2.24, 2.45) is 23.7 Å². The Morgan fingerprint density at radius 1 is 1.36 bits per heavy atom. The number of nitrogens with two attached hydrogens (primary N) is 1. The summed E-state index contributed by atoms with van der Waals surface area (Å²) >= 11 is 0. The Morgan fingerprint density at radius 3 is 2.82 bits per heavy atom. The van der Waals surface area contributed by atoms with Crippen LogP contribution in [0.2, 0.25) is 0 Å². The van der Waals surface area contributed by atoms with E-state index in [1.54, 1.807) is 0 Å². The van der Waals surface area contributed by atoms with Crippen LogP contribution in [-0.4, -0.2) is 46.9 Å². The first kappa shape index (κ1) is 15.3. The SMILES string of the molecule is Cn1nccc1[C@@H]1OCC[C@H]1CN=C(N)N1CCCCCC1. The van der Waals surface area contributed by atoms with Crippen molar-refractivity contribution in [3.05, 3.63) is 18.0 Å². The number of nitrogens with zero attached hydrogens (tertiary/aromatic N) is 4. The first-order chi connectivity index (χ1) is 10.8. The van der Waals surface area contributed by atoms with E-state index in [9.17, 15) is 0 Å². The molecule has 2 atom stereocenters. The van der Waals surface area contributed by atoms with Crippen molar-refractivity contribution in [3.8, 4) is 0 Å². The maximum Gasteiger partial charge on any atom is 0.191 e. The van der Waals surface area contributed by atoms with Crippen LogP contribution in [0.25, 0.3) is 0 Å². The van der Waals surface area contributed by atoms with E-state index in [-0.39, 0.29) is 6.10 Å². The molecule has 2 saturated heterocycles. The highest BCUT2D eigenvalue weighted by Crippen LogP contribution is 2.34. The van der Waals surface area contributed by atoms with E-state index in [0.29, 0.717) is 11.9 Å². The van der Waals surface area contributed by atoms with Gasteiger partial charge >= 0.3 is 0 Å². The molecule has 3 heterocycles. The Kier molecular flexibility index (Phi) is 4.97. The Labute approximate surface area is 132 Å². The minimum atomic E-state index is 0.0909. The first-order valence-electron chi connectivity index (χ1n) is 8.40. The zero-order valence-electron chi connectivity index (χ0n) is 13.4. The summed E-state index contributed by atoms with van der Waals surface area (Å²) < 4.78 is 7.80. The fourth-order valence-corrected chi connectivity index (χ4v) is 3.42. The van der Waals surface area contributed by atoms with Crippen LogP contribution < -0.4 is 5.73 Å². The van der Waals surface area contributed by atoms with E-state index < -0.39 is 0 Å². The lowest BCUT2D eigenvalue weighted by molar-refractivity contribution is 0.0858. The average molecular weight is 305 g/mol. The zero-order valence-corrected chi connectivity index (χ0v) is 13.4. The minimum absolute atomic E-state index is 0.0909. The Balaban J connectivity index is 1.62. The number of aromatic nitrogens is 2. The molecule has 2 fully saturated rings. The Bertz CT molecular complexity index is 504. The van der Waals surface area contributed by atoms with Crippen LogP contribution in [0.5, 0.6) is 0 Å². The highest BCUT2D eigenvalue weighted by atomic mass is 16.5. The first-order valence-corrected chi connectivity index (χ1v) is 8.40. The maximum absolute atomic E-state index is 6.21. The molecule has 6 nitrogen and oxygen atoms in total. The third-order valence-corrected chi connectivity index (χ3v) is 4.78. The normalized spacial score (nSPS) is 27.1. The molecule has 0 aliphatic carbocycles. The lowest BCUT2D eigenvalue weighted by Gasteiger charge is -2.22. The molecule has 0 unspecified atom stereocenters. The van der Waals surface area contributed by atoms with Gasteiger partial charge in [-0.3, -0.25) is 9.67 Å². The van der Waals surface area contributed by atoms with E-state index >= 15 is 0 Å². The molecule has 2 N–H and O–H groups in total. The van der Waals surface area contributed by atoms with Crippen molar-refractivity contribution in [1.82, 2.24) is 14.7 Å². The smallest absolute Gasteiger partial charge is 0.191 e. The second-order valence-electron chi connectivity index (χ2n) is 6.32. The number of ether oxygens (including phenoxy) is 1. The molecule has 2 aliphatic rings. The second kappa shape index (κ2) is 7.13. The van der Waals surface area contributed by atoms with Crippen LogP contribution in [0.15, 0.2) is 17.3 Å². The Morgan fingerprint density at radius 2 is 2.14 bits per heavy atom. The van der Waals surface area contributed by atoms with E-state index in [1.165, 1.54) is 25.7 Å². The van der Waals surface area contributed by atoms with E-state index in [0.717, 1.165) is 38.4 Å². The van der Waals surface area contributed by atoms with Crippen molar-refractivity contribution in [2.45, 2.75) is 38.2 Å². The number of guanidine groups is 1. The van der Waals surface area contributed by atoms with Crippen LogP contribution in [0.3, 0.4) is 0 Å². The van der Waals surface area contributed by atoms with Crippen molar-refractivity contribution in [2.75, 3.05) is 26.2 Å². The van der Waals surface area contributed by atoms with Crippen molar-refractivity contribution < 1.29 is 4.74 Å². The topological polar surface area (TPSA) is 68.7 Å². The monoisotopic (exact) mass is 305 g/mol.